The predicted molar refractivity (Wildman–Crippen MR) is 76.2 cm³/mol. The van der Waals surface area contributed by atoms with E-state index in [0.29, 0.717) is 11.8 Å². The lowest BCUT2D eigenvalue weighted by atomic mass is 9.85. The lowest BCUT2D eigenvalue weighted by Gasteiger charge is -2.29. The minimum absolute atomic E-state index is 0.0172. The van der Waals surface area contributed by atoms with Crippen molar-refractivity contribution in [1.82, 2.24) is 0 Å². The molecule has 2 nitrogen and oxygen atoms in total. The predicted octanol–water partition coefficient (Wildman–Crippen LogP) is 4.12. The van der Waals surface area contributed by atoms with E-state index in [-0.39, 0.29) is 18.1 Å². The number of rotatable bonds is 7. The Morgan fingerprint density at radius 2 is 1.53 bits per heavy atom. The Balaban J connectivity index is 0. The minimum atomic E-state index is -0.0172. The van der Waals surface area contributed by atoms with E-state index in [2.05, 4.69) is 41.5 Å². The molecule has 0 heterocycles. The highest BCUT2D eigenvalue weighted by Gasteiger charge is 2.22. The van der Waals surface area contributed by atoms with Gasteiger partial charge in [-0.05, 0) is 23.7 Å². The second-order valence-corrected chi connectivity index (χ2v) is 6.04. The average molecular weight is 246 g/mol. The van der Waals surface area contributed by atoms with E-state index >= 15 is 0 Å². The molecule has 106 valence electrons. The van der Waals surface area contributed by atoms with E-state index in [4.69, 9.17) is 9.84 Å². The van der Waals surface area contributed by atoms with Gasteiger partial charge in [0.1, 0.15) is 0 Å². The van der Waals surface area contributed by atoms with Gasteiger partial charge >= 0.3 is 0 Å². The second-order valence-electron chi connectivity index (χ2n) is 6.04. The Morgan fingerprint density at radius 3 is 1.82 bits per heavy atom. The topological polar surface area (TPSA) is 29.5 Å². The molecule has 0 bridgehead atoms. The molecule has 1 atom stereocenters. The summed E-state index contributed by atoms with van der Waals surface area (Å²) in [6.45, 7) is 17.9. The van der Waals surface area contributed by atoms with Gasteiger partial charge in [-0.3, -0.25) is 0 Å². The third-order valence-electron chi connectivity index (χ3n) is 2.57. The molecular formula is C15H34O2. The van der Waals surface area contributed by atoms with E-state index in [1.165, 1.54) is 0 Å². The van der Waals surface area contributed by atoms with Crippen molar-refractivity contribution in [3.63, 3.8) is 0 Å². The molecule has 0 spiro atoms. The minimum Gasteiger partial charge on any atom is -0.394 e. The molecule has 0 aromatic carbocycles. The summed E-state index contributed by atoms with van der Waals surface area (Å²) in [4.78, 5) is 0. The normalized spacial score (nSPS) is 13.6. The summed E-state index contributed by atoms with van der Waals surface area (Å²) in [5, 5.41) is 9.15. The summed E-state index contributed by atoms with van der Waals surface area (Å²) in [7, 11) is 0. The molecule has 2 heteroatoms. The molecule has 0 amide bonds. The largest absolute Gasteiger partial charge is 0.394 e. The SMILES string of the molecule is CC.CC(C)CC(C)(C)COC(CO)C(C)C. The molecule has 0 aliphatic heterocycles. The van der Waals surface area contributed by atoms with Gasteiger partial charge in [-0.2, -0.15) is 0 Å². The van der Waals surface area contributed by atoms with Gasteiger partial charge in [0.25, 0.3) is 0 Å². The fraction of sp³-hybridized carbons (Fsp3) is 1.00. The van der Waals surface area contributed by atoms with Crippen LogP contribution < -0.4 is 0 Å². The maximum atomic E-state index is 9.15. The third-order valence-corrected chi connectivity index (χ3v) is 2.57. The molecule has 0 aliphatic rings. The lowest BCUT2D eigenvalue weighted by molar-refractivity contribution is -0.0505. The maximum absolute atomic E-state index is 9.15. The lowest BCUT2D eigenvalue weighted by Crippen LogP contribution is -2.30. The Labute approximate surface area is 109 Å². The highest BCUT2D eigenvalue weighted by Crippen LogP contribution is 2.26. The van der Waals surface area contributed by atoms with E-state index in [1.54, 1.807) is 0 Å². The van der Waals surface area contributed by atoms with Gasteiger partial charge in [-0.1, -0.05) is 55.4 Å². The summed E-state index contributed by atoms with van der Waals surface area (Å²) >= 11 is 0. The molecule has 1 unspecified atom stereocenters. The molecule has 17 heavy (non-hydrogen) atoms. The van der Waals surface area contributed by atoms with Crippen LogP contribution in [0.1, 0.15) is 61.8 Å². The first kappa shape index (κ1) is 19.3. The van der Waals surface area contributed by atoms with Crippen molar-refractivity contribution >= 4 is 0 Å². The highest BCUT2D eigenvalue weighted by molar-refractivity contribution is 4.71. The molecule has 0 rings (SSSR count). The standard InChI is InChI=1S/C13H28O2.C2H6/c1-10(2)7-13(5,6)9-15-12(8-14)11(3)4;1-2/h10-12,14H,7-9H2,1-6H3;1-2H3. The Hall–Kier alpha value is -0.0800. The fourth-order valence-electron chi connectivity index (χ4n) is 1.95. The molecule has 0 aromatic rings. The van der Waals surface area contributed by atoms with Crippen LogP contribution in [0.25, 0.3) is 0 Å². The van der Waals surface area contributed by atoms with Crippen LogP contribution in [0, 0.1) is 17.3 Å². The quantitative estimate of drug-likeness (QED) is 0.732. The molecule has 0 aromatic heterocycles. The molecule has 0 fully saturated rings. The Morgan fingerprint density at radius 1 is 1.06 bits per heavy atom. The van der Waals surface area contributed by atoms with Crippen molar-refractivity contribution in [1.29, 1.82) is 0 Å². The first-order valence-corrected chi connectivity index (χ1v) is 7.01. The van der Waals surface area contributed by atoms with Crippen LogP contribution in [0.15, 0.2) is 0 Å². The molecular weight excluding hydrogens is 212 g/mol. The first-order chi connectivity index (χ1) is 7.78. The average Bonchev–Trinajstić information content (AvgIpc) is 2.19. The van der Waals surface area contributed by atoms with E-state index in [1.807, 2.05) is 13.8 Å². The first-order valence-electron chi connectivity index (χ1n) is 7.01. The maximum Gasteiger partial charge on any atom is 0.0828 e. The van der Waals surface area contributed by atoms with E-state index in [9.17, 15) is 0 Å². The van der Waals surface area contributed by atoms with Crippen LogP contribution in [0.3, 0.4) is 0 Å². The van der Waals surface area contributed by atoms with Crippen molar-refractivity contribution in [2.75, 3.05) is 13.2 Å². The van der Waals surface area contributed by atoms with Gasteiger partial charge in [-0.15, -0.1) is 0 Å². The van der Waals surface area contributed by atoms with Crippen molar-refractivity contribution in [2.45, 2.75) is 67.9 Å². The highest BCUT2D eigenvalue weighted by atomic mass is 16.5. The third kappa shape index (κ3) is 10.8. The molecule has 1 N–H and O–H groups in total. The number of hydrogen-bond acceptors (Lipinski definition) is 2. The van der Waals surface area contributed by atoms with Crippen molar-refractivity contribution in [3.05, 3.63) is 0 Å². The molecule has 0 aliphatic carbocycles. The Kier molecular flexibility index (Phi) is 11.2. The van der Waals surface area contributed by atoms with Crippen LogP contribution in [-0.4, -0.2) is 24.4 Å². The van der Waals surface area contributed by atoms with E-state index in [0.717, 1.165) is 13.0 Å². The van der Waals surface area contributed by atoms with Crippen molar-refractivity contribution in [2.24, 2.45) is 17.3 Å². The van der Waals surface area contributed by atoms with Gasteiger partial charge in [0.2, 0.25) is 0 Å². The Bertz CT molecular complexity index is 162. The number of hydrogen-bond donors (Lipinski definition) is 1. The van der Waals surface area contributed by atoms with Gasteiger partial charge in [0, 0.05) is 0 Å². The number of ether oxygens (including phenoxy) is 1. The van der Waals surface area contributed by atoms with E-state index < -0.39 is 0 Å². The molecule has 0 radical (unpaired) electrons. The zero-order valence-corrected chi connectivity index (χ0v) is 13.2. The zero-order chi connectivity index (χ0) is 14.1. The van der Waals surface area contributed by atoms with Crippen LogP contribution in [0.2, 0.25) is 0 Å². The van der Waals surface area contributed by atoms with Crippen LogP contribution in [-0.2, 0) is 4.74 Å². The van der Waals surface area contributed by atoms with Gasteiger partial charge < -0.3 is 9.84 Å². The number of aliphatic hydroxyl groups excluding tert-OH is 1. The molecule has 0 saturated carbocycles. The van der Waals surface area contributed by atoms with Gasteiger partial charge in [0.05, 0.1) is 19.3 Å². The molecule has 0 saturated heterocycles. The monoisotopic (exact) mass is 246 g/mol. The van der Waals surface area contributed by atoms with Gasteiger partial charge in [-0.25, -0.2) is 0 Å². The van der Waals surface area contributed by atoms with Crippen LogP contribution in [0.4, 0.5) is 0 Å². The second kappa shape index (κ2) is 9.90. The smallest absolute Gasteiger partial charge is 0.0828 e. The number of aliphatic hydroxyl groups is 1. The van der Waals surface area contributed by atoms with Crippen molar-refractivity contribution < 1.29 is 9.84 Å². The van der Waals surface area contributed by atoms with Crippen LogP contribution in [0.5, 0.6) is 0 Å². The summed E-state index contributed by atoms with van der Waals surface area (Å²) in [5.41, 5.74) is 0.205. The summed E-state index contributed by atoms with van der Waals surface area (Å²) in [6, 6.07) is 0. The summed E-state index contributed by atoms with van der Waals surface area (Å²) < 4.78 is 5.77. The fourth-order valence-corrected chi connectivity index (χ4v) is 1.95. The van der Waals surface area contributed by atoms with Crippen molar-refractivity contribution in [3.8, 4) is 0 Å². The summed E-state index contributed by atoms with van der Waals surface area (Å²) in [5.74, 6) is 1.07. The van der Waals surface area contributed by atoms with Crippen LogP contribution >= 0.6 is 0 Å². The van der Waals surface area contributed by atoms with Gasteiger partial charge in [0.15, 0.2) is 0 Å². The zero-order valence-electron chi connectivity index (χ0n) is 13.2. The summed E-state index contributed by atoms with van der Waals surface area (Å²) in [6.07, 6.45) is 1.14.